The van der Waals surface area contributed by atoms with Crippen molar-refractivity contribution in [3.05, 3.63) is 30.9 Å². The molecule has 3 aromatic rings. The summed E-state index contributed by atoms with van der Waals surface area (Å²) in [5.41, 5.74) is 1.47. The Kier molecular flexibility index (Phi) is 7.02. The summed E-state index contributed by atoms with van der Waals surface area (Å²) in [7, 11) is 0. The van der Waals surface area contributed by atoms with Gasteiger partial charge in [-0.05, 0) is 38.2 Å². The van der Waals surface area contributed by atoms with Crippen LogP contribution in [0.4, 0.5) is 16.0 Å². The normalized spacial score (nSPS) is 12.6. The third-order valence-corrected chi connectivity index (χ3v) is 4.90. The summed E-state index contributed by atoms with van der Waals surface area (Å²) in [4.78, 5) is 20.8. The Morgan fingerprint density at radius 3 is 2.77 bits per heavy atom. The highest BCUT2D eigenvalue weighted by molar-refractivity contribution is 5.76. The summed E-state index contributed by atoms with van der Waals surface area (Å²) in [5, 5.41) is 8.21. The third kappa shape index (κ3) is 5.55. The second-order valence-electron chi connectivity index (χ2n) is 8.01. The first-order valence-corrected chi connectivity index (χ1v) is 10.2. The van der Waals surface area contributed by atoms with E-state index in [-0.39, 0.29) is 31.2 Å². The molecule has 162 valence electrons. The van der Waals surface area contributed by atoms with Gasteiger partial charge in [-0.1, -0.05) is 13.8 Å². The smallest absolute Gasteiger partial charge is 0.328 e. The minimum Gasteiger partial charge on any atom is -0.462 e. The van der Waals surface area contributed by atoms with Crippen molar-refractivity contribution in [2.24, 2.45) is 11.8 Å². The quantitative estimate of drug-likeness (QED) is 0.504. The first kappa shape index (κ1) is 21.7. The van der Waals surface area contributed by atoms with Gasteiger partial charge in [-0.25, -0.2) is 4.98 Å². The van der Waals surface area contributed by atoms with E-state index in [1.54, 1.807) is 32.4 Å². The summed E-state index contributed by atoms with van der Waals surface area (Å²) in [6, 6.07) is 1.96. The average Bonchev–Trinajstić information content (AvgIpc) is 3.27. The molecule has 9 heteroatoms. The summed E-state index contributed by atoms with van der Waals surface area (Å²) >= 11 is 0. The molecule has 0 saturated heterocycles. The number of halogens is 1. The van der Waals surface area contributed by atoms with Gasteiger partial charge in [0.05, 0.1) is 24.7 Å². The number of nitrogens with zero attached hydrogens (tertiary/aromatic N) is 5. The Morgan fingerprint density at radius 1 is 1.27 bits per heavy atom. The van der Waals surface area contributed by atoms with Gasteiger partial charge in [0.15, 0.2) is 0 Å². The summed E-state index contributed by atoms with van der Waals surface area (Å²) < 4.78 is 21.6. The molecule has 0 aliphatic rings. The molecule has 1 N–H and O–H groups in total. The van der Waals surface area contributed by atoms with Crippen LogP contribution in [0.2, 0.25) is 0 Å². The molecule has 0 aliphatic heterocycles. The van der Waals surface area contributed by atoms with Crippen LogP contribution in [0.1, 0.15) is 34.1 Å². The van der Waals surface area contributed by atoms with Crippen molar-refractivity contribution in [3.8, 4) is 0 Å². The Labute approximate surface area is 175 Å². The fraction of sp³-hybridized carbons (Fsp3) is 0.524. The molecule has 0 radical (unpaired) electrons. The first-order valence-electron chi connectivity index (χ1n) is 10.2. The maximum absolute atomic E-state index is 12.9. The highest BCUT2D eigenvalue weighted by Crippen LogP contribution is 2.22. The minimum atomic E-state index is -0.344. The lowest BCUT2D eigenvalue weighted by molar-refractivity contribution is -0.148. The van der Waals surface area contributed by atoms with Crippen LogP contribution in [0, 0.1) is 11.8 Å². The molecule has 0 saturated carbocycles. The maximum Gasteiger partial charge on any atom is 0.328 e. The van der Waals surface area contributed by atoms with Crippen LogP contribution in [0.3, 0.4) is 0 Å². The summed E-state index contributed by atoms with van der Waals surface area (Å²) in [6.45, 7) is 8.26. The predicted octanol–water partition coefficient (Wildman–Crippen LogP) is 3.95. The zero-order valence-corrected chi connectivity index (χ0v) is 17.9. The van der Waals surface area contributed by atoms with Gasteiger partial charge < -0.3 is 14.6 Å². The topological polar surface area (TPSA) is 86.9 Å². The molecule has 30 heavy (non-hydrogen) atoms. The lowest BCUT2D eigenvalue weighted by Crippen LogP contribution is -2.17. The van der Waals surface area contributed by atoms with Crippen molar-refractivity contribution in [1.82, 2.24) is 24.3 Å². The molecular weight excluding hydrogens is 387 g/mol. The number of ether oxygens (including phenoxy) is 1. The third-order valence-electron chi connectivity index (χ3n) is 4.90. The largest absolute Gasteiger partial charge is 0.462 e. The molecule has 0 unspecified atom stereocenters. The van der Waals surface area contributed by atoms with Crippen molar-refractivity contribution < 1.29 is 13.9 Å². The van der Waals surface area contributed by atoms with Gasteiger partial charge in [0.25, 0.3) is 0 Å². The van der Waals surface area contributed by atoms with E-state index in [2.05, 4.69) is 34.2 Å². The number of nitrogens with one attached hydrogen (secondary N) is 1. The molecule has 3 aromatic heterocycles. The highest BCUT2D eigenvalue weighted by atomic mass is 19.1. The lowest BCUT2D eigenvalue weighted by Gasteiger charge is -2.20. The number of alkyl halides is 1. The number of carbonyl (C=O) groups excluding carboxylic acids is 1. The molecule has 1 atom stereocenters. The van der Waals surface area contributed by atoms with Crippen LogP contribution >= 0.6 is 0 Å². The Balaban J connectivity index is 1.72. The molecule has 0 amide bonds. The van der Waals surface area contributed by atoms with Crippen molar-refractivity contribution in [3.63, 3.8) is 0 Å². The fourth-order valence-corrected chi connectivity index (χ4v) is 3.28. The Morgan fingerprint density at radius 2 is 2.07 bits per heavy atom. The molecule has 3 rings (SSSR count). The molecule has 8 nitrogen and oxygen atoms in total. The number of carbonyl (C=O) groups is 1. The highest BCUT2D eigenvalue weighted by Gasteiger charge is 2.16. The standard InChI is InChI=1S/C21H29FN6O2/c1-14(2)17(5-7-22)11-27-8-6-16-9-23-21(26-20(16)27)25-18-10-24-28(12-18)13-19(29)30-15(3)4/h6,8-10,12,14-15,17H,5,7,11,13H2,1-4H3,(H,23,25,26)/t17-/m1/s1. The van der Waals surface area contributed by atoms with Gasteiger partial charge in [0, 0.05) is 30.5 Å². The SMILES string of the molecule is CC(C)OC(=O)Cn1cc(Nc2ncc3ccn(C[C@@H](CCF)C(C)C)c3n2)cn1. The lowest BCUT2D eigenvalue weighted by atomic mass is 9.93. The number of hydrogen-bond donors (Lipinski definition) is 1. The van der Waals surface area contributed by atoms with Crippen molar-refractivity contribution in [2.45, 2.75) is 53.3 Å². The molecule has 0 aromatic carbocycles. The van der Waals surface area contributed by atoms with E-state index >= 15 is 0 Å². The van der Waals surface area contributed by atoms with Gasteiger partial charge in [-0.3, -0.25) is 13.9 Å². The molecule has 0 spiro atoms. The zero-order chi connectivity index (χ0) is 21.7. The molecular formula is C21H29FN6O2. The fourth-order valence-electron chi connectivity index (χ4n) is 3.28. The van der Waals surface area contributed by atoms with Gasteiger partial charge in [-0.2, -0.15) is 10.1 Å². The average molecular weight is 417 g/mol. The number of rotatable bonds is 10. The van der Waals surface area contributed by atoms with E-state index in [1.807, 2.05) is 16.8 Å². The number of fused-ring (bicyclic) bond motifs is 1. The van der Waals surface area contributed by atoms with E-state index in [1.165, 1.54) is 4.68 Å². The minimum absolute atomic E-state index is 0.0355. The van der Waals surface area contributed by atoms with Crippen LogP contribution < -0.4 is 5.32 Å². The first-order chi connectivity index (χ1) is 14.4. The molecule has 3 heterocycles. The maximum atomic E-state index is 12.9. The van der Waals surface area contributed by atoms with E-state index < -0.39 is 0 Å². The number of aromatic nitrogens is 5. The summed E-state index contributed by atoms with van der Waals surface area (Å²) in [6.07, 6.45) is 7.39. The van der Waals surface area contributed by atoms with Gasteiger partial charge in [0.2, 0.25) is 5.95 Å². The van der Waals surface area contributed by atoms with E-state index in [0.717, 1.165) is 11.0 Å². The van der Waals surface area contributed by atoms with Crippen LogP contribution in [0.5, 0.6) is 0 Å². The van der Waals surface area contributed by atoms with E-state index in [9.17, 15) is 9.18 Å². The van der Waals surface area contributed by atoms with Crippen LogP contribution in [-0.4, -0.2) is 43.1 Å². The zero-order valence-electron chi connectivity index (χ0n) is 17.9. The van der Waals surface area contributed by atoms with E-state index in [0.29, 0.717) is 30.5 Å². The predicted molar refractivity (Wildman–Crippen MR) is 113 cm³/mol. The second kappa shape index (κ2) is 9.69. The number of anilines is 2. The van der Waals surface area contributed by atoms with E-state index in [4.69, 9.17) is 4.74 Å². The number of hydrogen-bond acceptors (Lipinski definition) is 6. The van der Waals surface area contributed by atoms with Crippen LogP contribution in [0.25, 0.3) is 11.0 Å². The van der Waals surface area contributed by atoms with Gasteiger partial charge in [0.1, 0.15) is 12.2 Å². The Bertz CT molecular complexity index is 981. The van der Waals surface area contributed by atoms with Gasteiger partial charge in [-0.15, -0.1) is 0 Å². The monoisotopic (exact) mass is 416 g/mol. The molecule has 0 aliphatic carbocycles. The number of esters is 1. The summed E-state index contributed by atoms with van der Waals surface area (Å²) in [5.74, 6) is 0.702. The second-order valence-corrected chi connectivity index (χ2v) is 8.01. The Hall–Kier alpha value is -2.97. The van der Waals surface area contributed by atoms with Crippen molar-refractivity contribution in [2.75, 3.05) is 12.0 Å². The van der Waals surface area contributed by atoms with Crippen LogP contribution in [0.15, 0.2) is 30.9 Å². The van der Waals surface area contributed by atoms with Crippen molar-refractivity contribution in [1.29, 1.82) is 0 Å². The van der Waals surface area contributed by atoms with Crippen LogP contribution in [-0.2, 0) is 22.6 Å². The molecule has 0 bridgehead atoms. The van der Waals surface area contributed by atoms with Crippen molar-refractivity contribution >= 4 is 28.6 Å². The van der Waals surface area contributed by atoms with Gasteiger partial charge >= 0.3 is 5.97 Å². The molecule has 0 fully saturated rings.